The Bertz CT molecular complexity index is 525. The highest BCUT2D eigenvalue weighted by atomic mass is 16.4. The molecular formula is C16H22N2O4. The van der Waals surface area contributed by atoms with Gasteiger partial charge in [-0.15, -0.1) is 0 Å². The van der Waals surface area contributed by atoms with Crippen molar-refractivity contribution in [1.29, 1.82) is 0 Å². The molecule has 0 heterocycles. The SMILES string of the molecule is CCCC(NC(=O)c1ccc(CNC(=O)CC)cc1)C(=O)O. The van der Waals surface area contributed by atoms with Crippen molar-refractivity contribution in [2.24, 2.45) is 0 Å². The van der Waals surface area contributed by atoms with Gasteiger partial charge in [-0.2, -0.15) is 0 Å². The molecule has 0 aromatic heterocycles. The van der Waals surface area contributed by atoms with Gasteiger partial charge in [-0.05, 0) is 24.1 Å². The van der Waals surface area contributed by atoms with Gasteiger partial charge in [0.15, 0.2) is 0 Å². The predicted octanol–water partition coefficient (Wildman–Crippen LogP) is 1.70. The lowest BCUT2D eigenvalue weighted by Gasteiger charge is -2.13. The van der Waals surface area contributed by atoms with Crippen LogP contribution in [0, 0.1) is 0 Å². The number of aliphatic carboxylic acids is 1. The van der Waals surface area contributed by atoms with Gasteiger partial charge in [-0.3, -0.25) is 9.59 Å². The Labute approximate surface area is 129 Å². The summed E-state index contributed by atoms with van der Waals surface area (Å²) in [7, 11) is 0. The van der Waals surface area contributed by atoms with E-state index in [-0.39, 0.29) is 5.91 Å². The molecule has 6 heteroatoms. The number of hydrogen-bond donors (Lipinski definition) is 3. The number of amides is 2. The normalized spacial score (nSPS) is 11.5. The lowest BCUT2D eigenvalue weighted by atomic mass is 10.1. The van der Waals surface area contributed by atoms with Crippen LogP contribution < -0.4 is 10.6 Å². The lowest BCUT2D eigenvalue weighted by molar-refractivity contribution is -0.139. The van der Waals surface area contributed by atoms with Crippen LogP contribution in [0.3, 0.4) is 0 Å². The van der Waals surface area contributed by atoms with E-state index in [1.165, 1.54) is 0 Å². The van der Waals surface area contributed by atoms with E-state index >= 15 is 0 Å². The molecule has 0 saturated heterocycles. The van der Waals surface area contributed by atoms with Crippen LogP contribution in [-0.2, 0) is 16.1 Å². The number of hydrogen-bond acceptors (Lipinski definition) is 3. The summed E-state index contributed by atoms with van der Waals surface area (Å²) in [5, 5.41) is 14.3. The molecule has 0 saturated carbocycles. The molecule has 0 spiro atoms. The largest absolute Gasteiger partial charge is 0.480 e. The molecule has 1 rings (SSSR count). The van der Waals surface area contributed by atoms with E-state index in [0.29, 0.717) is 31.4 Å². The summed E-state index contributed by atoms with van der Waals surface area (Å²) in [4.78, 5) is 34.2. The molecule has 120 valence electrons. The van der Waals surface area contributed by atoms with Gasteiger partial charge in [0.2, 0.25) is 5.91 Å². The number of carbonyl (C=O) groups is 3. The van der Waals surface area contributed by atoms with Gasteiger partial charge in [-0.1, -0.05) is 32.4 Å². The highest BCUT2D eigenvalue weighted by Gasteiger charge is 2.19. The minimum Gasteiger partial charge on any atom is -0.480 e. The van der Waals surface area contributed by atoms with Gasteiger partial charge < -0.3 is 15.7 Å². The summed E-state index contributed by atoms with van der Waals surface area (Å²) in [6.07, 6.45) is 1.49. The number of carboxylic acid groups (broad SMARTS) is 1. The quantitative estimate of drug-likeness (QED) is 0.681. The van der Waals surface area contributed by atoms with Gasteiger partial charge in [-0.25, -0.2) is 4.79 Å². The predicted molar refractivity (Wildman–Crippen MR) is 82.4 cm³/mol. The van der Waals surface area contributed by atoms with Crippen LogP contribution in [0.15, 0.2) is 24.3 Å². The highest BCUT2D eigenvalue weighted by Crippen LogP contribution is 2.06. The third-order valence-electron chi connectivity index (χ3n) is 3.21. The second-order valence-electron chi connectivity index (χ2n) is 4.98. The van der Waals surface area contributed by atoms with Crippen molar-refractivity contribution in [2.45, 2.75) is 45.7 Å². The summed E-state index contributed by atoms with van der Waals surface area (Å²) in [6, 6.07) is 5.84. The van der Waals surface area contributed by atoms with Gasteiger partial charge in [0.05, 0.1) is 0 Å². The smallest absolute Gasteiger partial charge is 0.326 e. The molecular weight excluding hydrogens is 284 g/mol. The molecule has 1 aromatic rings. The zero-order chi connectivity index (χ0) is 16.5. The monoisotopic (exact) mass is 306 g/mol. The van der Waals surface area contributed by atoms with Crippen molar-refractivity contribution < 1.29 is 19.5 Å². The van der Waals surface area contributed by atoms with E-state index in [1.807, 2.05) is 6.92 Å². The molecule has 22 heavy (non-hydrogen) atoms. The second kappa shape index (κ2) is 8.81. The van der Waals surface area contributed by atoms with Crippen LogP contribution in [0.4, 0.5) is 0 Å². The molecule has 0 bridgehead atoms. The first kappa shape index (κ1) is 17.7. The van der Waals surface area contributed by atoms with Crippen LogP contribution in [-0.4, -0.2) is 28.9 Å². The van der Waals surface area contributed by atoms with E-state index in [0.717, 1.165) is 5.56 Å². The Balaban J connectivity index is 2.63. The lowest BCUT2D eigenvalue weighted by Crippen LogP contribution is -2.40. The van der Waals surface area contributed by atoms with Crippen LogP contribution >= 0.6 is 0 Å². The molecule has 0 aliphatic carbocycles. The van der Waals surface area contributed by atoms with Crippen molar-refractivity contribution in [1.82, 2.24) is 10.6 Å². The van der Waals surface area contributed by atoms with Gasteiger partial charge in [0.1, 0.15) is 6.04 Å². The molecule has 2 amide bonds. The molecule has 6 nitrogen and oxygen atoms in total. The van der Waals surface area contributed by atoms with Crippen LogP contribution in [0.5, 0.6) is 0 Å². The summed E-state index contributed by atoms with van der Waals surface area (Å²) in [6.45, 7) is 4.04. The van der Waals surface area contributed by atoms with E-state index in [4.69, 9.17) is 5.11 Å². The Hall–Kier alpha value is -2.37. The maximum absolute atomic E-state index is 12.0. The zero-order valence-corrected chi connectivity index (χ0v) is 12.9. The summed E-state index contributed by atoms with van der Waals surface area (Å²) >= 11 is 0. The number of rotatable bonds is 8. The fourth-order valence-corrected chi connectivity index (χ4v) is 1.89. The number of carbonyl (C=O) groups excluding carboxylic acids is 2. The fraction of sp³-hybridized carbons (Fsp3) is 0.438. The first-order valence-corrected chi connectivity index (χ1v) is 7.37. The Kier molecular flexibility index (Phi) is 7.08. The van der Waals surface area contributed by atoms with Crippen molar-refractivity contribution >= 4 is 17.8 Å². The van der Waals surface area contributed by atoms with Gasteiger partial charge >= 0.3 is 5.97 Å². The Morgan fingerprint density at radius 1 is 1.14 bits per heavy atom. The van der Waals surface area contributed by atoms with Gasteiger partial charge in [0, 0.05) is 18.5 Å². The van der Waals surface area contributed by atoms with Crippen LogP contribution in [0.1, 0.15) is 49.0 Å². The Morgan fingerprint density at radius 2 is 1.77 bits per heavy atom. The second-order valence-corrected chi connectivity index (χ2v) is 4.98. The third kappa shape index (κ3) is 5.55. The van der Waals surface area contributed by atoms with Crippen molar-refractivity contribution in [3.05, 3.63) is 35.4 Å². The molecule has 0 fully saturated rings. The van der Waals surface area contributed by atoms with Gasteiger partial charge in [0.25, 0.3) is 5.91 Å². The van der Waals surface area contributed by atoms with E-state index in [1.54, 1.807) is 31.2 Å². The molecule has 0 aliphatic heterocycles. The highest BCUT2D eigenvalue weighted by molar-refractivity contribution is 5.96. The standard InChI is InChI=1S/C16H22N2O4/c1-3-5-13(16(21)22)18-15(20)12-8-6-11(7-9-12)10-17-14(19)4-2/h6-9,13H,3-5,10H2,1-2H3,(H,17,19)(H,18,20)(H,21,22). The van der Waals surface area contributed by atoms with Crippen molar-refractivity contribution in [3.8, 4) is 0 Å². The van der Waals surface area contributed by atoms with E-state index < -0.39 is 17.9 Å². The minimum absolute atomic E-state index is 0.0364. The zero-order valence-electron chi connectivity index (χ0n) is 12.9. The van der Waals surface area contributed by atoms with Crippen LogP contribution in [0.2, 0.25) is 0 Å². The fourth-order valence-electron chi connectivity index (χ4n) is 1.89. The third-order valence-corrected chi connectivity index (χ3v) is 3.21. The molecule has 1 unspecified atom stereocenters. The minimum atomic E-state index is -1.03. The molecule has 0 aliphatic rings. The average Bonchev–Trinajstić information content (AvgIpc) is 2.52. The summed E-state index contributed by atoms with van der Waals surface area (Å²) < 4.78 is 0. The first-order valence-electron chi connectivity index (χ1n) is 7.37. The van der Waals surface area contributed by atoms with E-state index in [9.17, 15) is 14.4 Å². The number of benzene rings is 1. The number of carboxylic acids is 1. The topological polar surface area (TPSA) is 95.5 Å². The first-order chi connectivity index (χ1) is 10.5. The number of nitrogens with one attached hydrogen (secondary N) is 2. The molecule has 1 aromatic carbocycles. The summed E-state index contributed by atoms with van der Waals surface area (Å²) in [5.41, 5.74) is 1.27. The average molecular weight is 306 g/mol. The summed E-state index contributed by atoms with van der Waals surface area (Å²) in [5.74, 6) is -1.48. The van der Waals surface area contributed by atoms with Crippen LogP contribution in [0.25, 0.3) is 0 Å². The van der Waals surface area contributed by atoms with E-state index in [2.05, 4.69) is 10.6 Å². The Morgan fingerprint density at radius 3 is 2.27 bits per heavy atom. The maximum Gasteiger partial charge on any atom is 0.326 e. The maximum atomic E-state index is 12.0. The molecule has 3 N–H and O–H groups in total. The molecule has 1 atom stereocenters. The van der Waals surface area contributed by atoms with Crippen molar-refractivity contribution in [2.75, 3.05) is 0 Å². The van der Waals surface area contributed by atoms with Crippen molar-refractivity contribution in [3.63, 3.8) is 0 Å². The molecule has 0 radical (unpaired) electrons.